The molecule has 3 saturated heterocycles. The van der Waals surface area contributed by atoms with Gasteiger partial charge in [-0.2, -0.15) is 0 Å². The van der Waals surface area contributed by atoms with E-state index in [4.69, 9.17) is 62.8 Å². The average Bonchev–Trinajstić information content (AvgIpc) is 3.27. The standard InChI is InChI=1S/C23H46N6O13/c24-2-7-13(32)15(34)10(28)21(37-7)40-18-6(27)1-5(26)12(31)20(18)42-23-17(36)19(9(4-30)39-23)41-22-11(29)16(35)14(33)8(3-25)38-22/h5-23,30-36H,1-4,24-29H2/t5-,6+,7-,8+,9+,10+,11-,12-,13+,14-,15-,16+,17-,18+,19-,20-,21+,22-,23-/m1/s1. The molecule has 0 spiro atoms. The summed E-state index contributed by atoms with van der Waals surface area (Å²) in [6.07, 6.45) is -19.8. The lowest BCUT2D eigenvalue weighted by atomic mass is 9.84. The summed E-state index contributed by atoms with van der Waals surface area (Å²) in [5, 5.41) is 73.0. The van der Waals surface area contributed by atoms with Crippen molar-refractivity contribution in [1.82, 2.24) is 0 Å². The lowest BCUT2D eigenvalue weighted by Gasteiger charge is -2.47. The summed E-state index contributed by atoms with van der Waals surface area (Å²) >= 11 is 0. The highest BCUT2D eigenvalue weighted by Crippen LogP contribution is 2.34. The SMILES string of the molecule is NC[C@@H]1O[C@H](O[C@H]2[C@@H](O)[C@@H](O[C@@H]3[C@H](O)[C@H](N)C[C@H](N)[C@@H]3O[C@@H]3O[C@H](CN)[C@H](O)[C@H](O)[C@@H]3N)O[C@H]2CO)[C@H](N)[C@H](O)[C@@H]1O. The third-order valence-corrected chi connectivity index (χ3v) is 8.37. The molecule has 19 heteroatoms. The summed E-state index contributed by atoms with van der Waals surface area (Å²) in [5.41, 5.74) is 35.6. The second kappa shape index (κ2) is 14.1. The smallest absolute Gasteiger partial charge is 0.187 e. The Morgan fingerprint density at radius 2 is 0.976 bits per heavy atom. The van der Waals surface area contributed by atoms with Gasteiger partial charge in [0.05, 0.1) is 24.8 Å². The van der Waals surface area contributed by atoms with Crippen molar-refractivity contribution in [3.63, 3.8) is 0 Å². The summed E-state index contributed by atoms with van der Waals surface area (Å²) in [7, 11) is 0. The van der Waals surface area contributed by atoms with Crippen LogP contribution in [0, 0.1) is 0 Å². The first-order chi connectivity index (χ1) is 19.8. The van der Waals surface area contributed by atoms with Crippen LogP contribution in [0.3, 0.4) is 0 Å². The Hall–Kier alpha value is -0.760. The van der Waals surface area contributed by atoms with E-state index in [2.05, 4.69) is 0 Å². The maximum atomic E-state index is 11.1. The minimum atomic E-state index is -1.60. The third-order valence-electron chi connectivity index (χ3n) is 8.37. The fraction of sp³-hybridized carbons (Fsp3) is 1.00. The van der Waals surface area contributed by atoms with E-state index in [1.807, 2.05) is 0 Å². The molecular formula is C23H46N6O13. The van der Waals surface area contributed by atoms with Gasteiger partial charge < -0.3 is 98.6 Å². The van der Waals surface area contributed by atoms with Crippen LogP contribution in [0.4, 0.5) is 0 Å². The number of aliphatic hydroxyl groups excluding tert-OH is 7. The topological polar surface area (TPSA) is 353 Å². The maximum Gasteiger partial charge on any atom is 0.187 e. The van der Waals surface area contributed by atoms with Gasteiger partial charge in [-0.25, -0.2) is 0 Å². The predicted octanol–water partition coefficient (Wildman–Crippen LogP) is -8.90. The Morgan fingerprint density at radius 1 is 0.524 bits per heavy atom. The molecule has 19 nitrogen and oxygen atoms in total. The Bertz CT molecular complexity index is 868. The minimum Gasteiger partial charge on any atom is -0.394 e. The lowest BCUT2D eigenvalue weighted by molar-refractivity contribution is -0.306. The number of nitrogens with two attached hydrogens (primary N) is 6. The Morgan fingerprint density at radius 3 is 1.45 bits per heavy atom. The molecule has 246 valence electrons. The number of rotatable bonds is 9. The summed E-state index contributed by atoms with van der Waals surface area (Å²) in [4.78, 5) is 0. The molecule has 19 atom stereocenters. The van der Waals surface area contributed by atoms with Crippen LogP contribution in [0.5, 0.6) is 0 Å². The normalized spacial score (nSPS) is 53.8. The van der Waals surface area contributed by atoms with Crippen LogP contribution in [-0.4, -0.2) is 172 Å². The molecule has 4 fully saturated rings. The molecule has 4 rings (SSSR count). The van der Waals surface area contributed by atoms with Gasteiger partial charge in [0.1, 0.15) is 67.1 Å². The summed E-state index contributed by atoms with van der Waals surface area (Å²) in [5.74, 6) is 0. The molecule has 0 aromatic carbocycles. The van der Waals surface area contributed by atoms with Crippen molar-refractivity contribution in [2.75, 3.05) is 19.7 Å². The largest absolute Gasteiger partial charge is 0.394 e. The molecule has 3 heterocycles. The van der Waals surface area contributed by atoms with Crippen molar-refractivity contribution in [2.24, 2.45) is 34.4 Å². The molecule has 0 unspecified atom stereocenters. The van der Waals surface area contributed by atoms with Gasteiger partial charge in [-0.05, 0) is 6.42 Å². The molecule has 1 saturated carbocycles. The lowest BCUT2D eigenvalue weighted by Crippen LogP contribution is -2.68. The molecule has 1 aliphatic carbocycles. The molecule has 0 radical (unpaired) electrons. The van der Waals surface area contributed by atoms with Crippen LogP contribution >= 0.6 is 0 Å². The quantitative estimate of drug-likeness (QED) is 0.115. The zero-order valence-corrected chi connectivity index (χ0v) is 22.8. The van der Waals surface area contributed by atoms with E-state index in [1.165, 1.54) is 0 Å². The Labute approximate surface area is 241 Å². The van der Waals surface area contributed by atoms with Crippen molar-refractivity contribution in [2.45, 2.75) is 123 Å². The van der Waals surface area contributed by atoms with Gasteiger partial charge >= 0.3 is 0 Å². The highest BCUT2D eigenvalue weighted by Gasteiger charge is 2.54. The van der Waals surface area contributed by atoms with Crippen molar-refractivity contribution in [3.05, 3.63) is 0 Å². The van der Waals surface area contributed by atoms with E-state index in [1.54, 1.807) is 0 Å². The second-order valence-corrected chi connectivity index (χ2v) is 11.2. The first-order valence-electron chi connectivity index (χ1n) is 13.9. The first kappa shape index (κ1) is 34.1. The molecule has 0 amide bonds. The molecule has 3 aliphatic heterocycles. The van der Waals surface area contributed by atoms with E-state index in [9.17, 15) is 35.7 Å². The van der Waals surface area contributed by atoms with Gasteiger partial charge in [-0.3, -0.25) is 0 Å². The average molecular weight is 615 g/mol. The van der Waals surface area contributed by atoms with Gasteiger partial charge in [0.15, 0.2) is 18.9 Å². The van der Waals surface area contributed by atoms with Crippen molar-refractivity contribution >= 4 is 0 Å². The van der Waals surface area contributed by atoms with Crippen LogP contribution in [0.15, 0.2) is 0 Å². The molecule has 0 aromatic rings. The fourth-order valence-electron chi connectivity index (χ4n) is 5.74. The van der Waals surface area contributed by atoms with Gasteiger partial charge in [0.25, 0.3) is 0 Å². The van der Waals surface area contributed by atoms with Crippen LogP contribution in [-0.2, 0) is 28.4 Å². The summed E-state index contributed by atoms with van der Waals surface area (Å²) in [6, 6.07) is -4.18. The molecule has 4 aliphatic rings. The van der Waals surface area contributed by atoms with Crippen molar-refractivity contribution in [3.8, 4) is 0 Å². The predicted molar refractivity (Wildman–Crippen MR) is 138 cm³/mol. The fourth-order valence-corrected chi connectivity index (χ4v) is 5.74. The van der Waals surface area contributed by atoms with Crippen LogP contribution in [0.1, 0.15) is 6.42 Å². The monoisotopic (exact) mass is 614 g/mol. The van der Waals surface area contributed by atoms with Crippen LogP contribution < -0.4 is 34.4 Å². The highest BCUT2D eigenvalue weighted by molar-refractivity contribution is 5.02. The number of hydrogen-bond acceptors (Lipinski definition) is 19. The zero-order valence-electron chi connectivity index (χ0n) is 22.8. The highest BCUT2D eigenvalue weighted by atomic mass is 16.8. The zero-order chi connectivity index (χ0) is 31.0. The van der Waals surface area contributed by atoms with Crippen LogP contribution in [0.2, 0.25) is 0 Å². The van der Waals surface area contributed by atoms with Gasteiger partial charge in [0.2, 0.25) is 0 Å². The molecular weight excluding hydrogens is 568 g/mol. The third kappa shape index (κ3) is 6.60. The summed E-state index contributed by atoms with van der Waals surface area (Å²) < 4.78 is 34.6. The van der Waals surface area contributed by atoms with Gasteiger partial charge in [0, 0.05) is 25.2 Å². The molecule has 0 aromatic heterocycles. The molecule has 19 N–H and O–H groups in total. The van der Waals surface area contributed by atoms with E-state index in [0.717, 1.165) is 0 Å². The number of ether oxygens (including phenoxy) is 6. The van der Waals surface area contributed by atoms with E-state index in [0.29, 0.717) is 0 Å². The molecule has 42 heavy (non-hydrogen) atoms. The maximum absolute atomic E-state index is 11.1. The minimum absolute atomic E-state index is 0.0889. The van der Waals surface area contributed by atoms with E-state index in [-0.39, 0.29) is 19.5 Å². The molecule has 0 bridgehead atoms. The van der Waals surface area contributed by atoms with E-state index < -0.39 is 123 Å². The van der Waals surface area contributed by atoms with Crippen molar-refractivity contribution in [1.29, 1.82) is 0 Å². The van der Waals surface area contributed by atoms with Crippen molar-refractivity contribution < 1.29 is 64.2 Å². The van der Waals surface area contributed by atoms with Gasteiger partial charge in [-0.1, -0.05) is 0 Å². The first-order valence-corrected chi connectivity index (χ1v) is 13.9. The van der Waals surface area contributed by atoms with Gasteiger partial charge in [-0.15, -0.1) is 0 Å². The number of aliphatic hydroxyl groups is 7. The number of hydrogen-bond donors (Lipinski definition) is 13. The van der Waals surface area contributed by atoms with E-state index >= 15 is 0 Å². The second-order valence-electron chi connectivity index (χ2n) is 11.2. The van der Waals surface area contributed by atoms with Crippen LogP contribution in [0.25, 0.3) is 0 Å². The Balaban J connectivity index is 1.50. The Kier molecular flexibility index (Phi) is 11.5. The summed E-state index contributed by atoms with van der Waals surface area (Å²) in [6.45, 7) is -0.967.